The van der Waals surface area contributed by atoms with Crippen molar-refractivity contribution in [3.63, 3.8) is 0 Å². The van der Waals surface area contributed by atoms with Crippen molar-refractivity contribution in [2.45, 2.75) is 19.3 Å². The van der Waals surface area contributed by atoms with Gasteiger partial charge in [0.2, 0.25) is 17.7 Å². The van der Waals surface area contributed by atoms with Crippen LogP contribution in [-0.4, -0.2) is 29.9 Å². The van der Waals surface area contributed by atoms with Gasteiger partial charge in [-0.15, -0.1) is 0 Å². The van der Waals surface area contributed by atoms with E-state index in [9.17, 15) is 9.59 Å². The van der Waals surface area contributed by atoms with E-state index >= 15 is 0 Å². The first-order valence-corrected chi connectivity index (χ1v) is 9.11. The van der Waals surface area contributed by atoms with E-state index in [1.165, 1.54) is 0 Å². The lowest BCUT2D eigenvalue weighted by Crippen LogP contribution is -2.31. The molecule has 7 nitrogen and oxygen atoms in total. The Morgan fingerprint density at radius 3 is 2.74 bits per heavy atom. The molecule has 1 saturated carbocycles. The first-order valence-electron chi connectivity index (χ1n) is 9.11. The zero-order valence-corrected chi connectivity index (χ0v) is 14.9. The molecular formula is C20H22N4O3. The molecule has 1 saturated heterocycles. The van der Waals surface area contributed by atoms with Crippen molar-refractivity contribution in [3.05, 3.63) is 48.2 Å². The molecule has 7 heteroatoms. The van der Waals surface area contributed by atoms with E-state index in [4.69, 9.17) is 10.5 Å². The van der Waals surface area contributed by atoms with Gasteiger partial charge in [-0.3, -0.25) is 9.59 Å². The summed E-state index contributed by atoms with van der Waals surface area (Å²) in [5.41, 5.74) is 6.49. The highest BCUT2D eigenvalue weighted by atomic mass is 16.5. The Kier molecular flexibility index (Phi) is 4.53. The molecular weight excluding hydrogens is 344 g/mol. The van der Waals surface area contributed by atoms with Gasteiger partial charge in [0, 0.05) is 17.5 Å². The van der Waals surface area contributed by atoms with Crippen molar-refractivity contribution in [2.75, 3.05) is 18.4 Å². The number of amides is 2. The summed E-state index contributed by atoms with van der Waals surface area (Å²) < 4.78 is 5.64. The summed E-state index contributed by atoms with van der Waals surface area (Å²) in [6, 6.07) is 10.0. The number of rotatable bonds is 5. The van der Waals surface area contributed by atoms with Crippen molar-refractivity contribution in [1.29, 1.82) is 0 Å². The highest BCUT2D eigenvalue weighted by molar-refractivity contribution is 5.95. The van der Waals surface area contributed by atoms with Crippen LogP contribution in [0, 0.1) is 11.3 Å². The van der Waals surface area contributed by atoms with Crippen molar-refractivity contribution < 1.29 is 14.3 Å². The smallest absolute Gasteiger partial charge is 0.248 e. The number of anilines is 1. The number of nitrogens with one attached hydrogen (secondary N) is 2. The van der Waals surface area contributed by atoms with Crippen LogP contribution >= 0.6 is 0 Å². The highest BCUT2D eigenvalue weighted by Gasteiger charge is 2.57. The van der Waals surface area contributed by atoms with Crippen LogP contribution < -0.4 is 21.1 Å². The molecule has 0 radical (unpaired) electrons. The second-order valence-electron chi connectivity index (χ2n) is 7.24. The van der Waals surface area contributed by atoms with Gasteiger partial charge < -0.3 is 21.1 Å². The van der Waals surface area contributed by atoms with Gasteiger partial charge in [-0.05, 0) is 62.0 Å². The van der Waals surface area contributed by atoms with Crippen LogP contribution in [0.3, 0.4) is 0 Å². The molecule has 1 aromatic heterocycles. The van der Waals surface area contributed by atoms with Crippen LogP contribution in [0.4, 0.5) is 5.69 Å². The number of carbonyl (C=O) groups excluding carboxylic acids is 2. The van der Waals surface area contributed by atoms with Gasteiger partial charge >= 0.3 is 0 Å². The third-order valence-electron chi connectivity index (χ3n) is 5.45. The number of ether oxygens (including phenoxy) is 1. The summed E-state index contributed by atoms with van der Waals surface area (Å²) in [6.07, 6.45) is 4.69. The van der Waals surface area contributed by atoms with Crippen molar-refractivity contribution >= 4 is 17.5 Å². The maximum atomic E-state index is 12.5. The number of carbonyl (C=O) groups is 2. The van der Waals surface area contributed by atoms with Gasteiger partial charge in [0.05, 0.1) is 11.9 Å². The number of hydrogen-bond acceptors (Lipinski definition) is 5. The topological polar surface area (TPSA) is 106 Å². The number of piperidine rings is 1. The van der Waals surface area contributed by atoms with Crippen LogP contribution in [0.25, 0.3) is 0 Å². The average molecular weight is 366 g/mol. The van der Waals surface area contributed by atoms with E-state index in [0.717, 1.165) is 32.4 Å². The molecule has 1 aliphatic heterocycles. The Bertz CT molecular complexity index is 860. The van der Waals surface area contributed by atoms with Crippen LogP contribution in [0.1, 0.15) is 29.6 Å². The predicted molar refractivity (Wildman–Crippen MR) is 101 cm³/mol. The van der Waals surface area contributed by atoms with Gasteiger partial charge in [0.25, 0.3) is 0 Å². The number of nitrogens with two attached hydrogens (primary N) is 1. The van der Waals surface area contributed by atoms with Gasteiger partial charge in [-0.25, -0.2) is 4.98 Å². The summed E-state index contributed by atoms with van der Waals surface area (Å²) in [4.78, 5) is 27.9. The van der Waals surface area contributed by atoms with E-state index in [-0.39, 0.29) is 17.2 Å². The second-order valence-corrected chi connectivity index (χ2v) is 7.24. The highest BCUT2D eigenvalue weighted by Crippen LogP contribution is 2.58. The SMILES string of the molecule is NC(=O)c1cccc(Oc2ccc(NC(=O)C3CC34CCNCC4)cn2)c1. The lowest BCUT2D eigenvalue weighted by Gasteiger charge is -2.23. The van der Waals surface area contributed by atoms with E-state index in [1.54, 1.807) is 42.6 Å². The summed E-state index contributed by atoms with van der Waals surface area (Å²) >= 11 is 0. The molecule has 2 fully saturated rings. The fourth-order valence-electron chi connectivity index (χ4n) is 3.77. The maximum Gasteiger partial charge on any atom is 0.248 e. The normalized spacial score (nSPS) is 20.1. The molecule has 4 N–H and O–H groups in total. The Balaban J connectivity index is 1.36. The number of benzene rings is 1. The molecule has 1 atom stereocenters. The third kappa shape index (κ3) is 3.78. The van der Waals surface area contributed by atoms with Crippen LogP contribution in [0.15, 0.2) is 42.6 Å². The first kappa shape index (κ1) is 17.5. The number of aromatic nitrogens is 1. The van der Waals surface area contributed by atoms with Crippen LogP contribution in [0.5, 0.6) is 11.6 Å². The molecule has 4 rings (SSSR count). The number of hydrogen-bond donors (Lipinski definition) is 3. The molecule has 2 aliphatic rings. The molecule has 1 aromatic carbocycles. The van der Waals surface area contributed by atoms with Gasteiger partial charge in [0.15, 0.2) is 0 Å². The summed E-state index contributed by atoms with van der Waals surface area (Å²) in [7, 11) is 0. The Hall–Kier alpha value is -2.93. The third-order valence-corrected chi connectivity index (χ3v) is 5.45. The van der Waals surface area contributed by atoms with Gasteiger partial charge in [0.1, 0.15) is 5.75 Å². The van der Waals surface area contributed by atoms with Crippen molar-refractivity contribution in [1.82, 2.24) is 10.3 Å². The number of nitrogens with zero attached hydrogens (tertiary/aromatic N) is 1. The molecule has 140 valence electrons. The zero-order chi connectivity index (χ0) is 18.9. The minimum absolute atomic E-state index is 0.0709. The number of primary amides is 1. The van der Waals surface area contributed by atoms with Gasteiger partial charge in [-0.1, -0.05) is 6.07 Å². The van der Waals surface area contributed by atoms with E-state index in [1.807, 2.05) is 0 Å². The van der Waals surface area contributed by atoms with Crippen molar-refractivity contribution in [3.8, 4) is 11.6 Å². The van der Waals surface area contributed by atoms with Gasteiger partial charge in [-0.2, -0.15) is 0 Å². The predicted octanol–water partition coefficient (Wildman–Crippen LogP) is 2.30. The molecule has 2 aromatic rings. The lowest BCUT2D eigenvalue weighted by molar-refractivity contribution is -0.118. The number of pyridine rings is 1. The minimum Gasteiger partial charge on any atom is -0.439 e. The van der Waals surface area contributed by atoms with Crippen LogP contribution in [0.2, 0.25) is 0 Å². The molecule has 2 heterocycles. The monoisotopic (exact) mass is 366 g/mol. The van der Waals surface area contributed by atoms with E-state index in [2.05, 4.69) is 15.6 Å². The van der Waals surface area contributed by atoms with E-state index in [0.29, 0.717) is 22.9 Å². The minimum atomic E-state index is -0.516. The zero-order valence-electron chi connectivity index (χ0n) is 14.9. The Morgan fingerprint density at radius 2 is 2.04 bits per heavy atom. The van der Waals surface area contributed by atoms with Crippen LogP contribution in [-0.2, 0) is 4.79 Å². The fourth-order valence-corrected chi connectivity index (χ4v) is 3.77. The quantitative estimate of drug-likeness (QED) is 0.753. The second kappa shape index (κ2) is 7.00. The fraction of sp³-hybridized carbons (Fsp3) is 0.350. The molecule has 1 unspecified atom stereocenters. The molecule has 27 heavy (non-hydrogen) atoms. The lowest BCUT2D eigenvalue weighted by atomic mass is 9.92. The Labute approximate surface area is 157 Å². The standard InChI is InChI=1S/C20H22N4O3/c21-18(25)13-2-1-3-15(10-13)27-17-5-4-14(12-23-17)24-19(26)16-11-20(16)6-8-22-9-7-20/h1-5,10,12,16,22H,6-9,11H2,(H2,21,25)(H,24,26). The molecule has 1 spiro atoms. The van der Waals surface area contributed by atoms with E-state index < -0.39 is 5.91 Å². The summed E-state index contributed by atoms with van der Waals surface area (Å²) in [5.74, 6) is 0.504. The first-order chi connectivity index (χ1) is 13.1. The van der Waals surface area contributed by atoms with Crippen molar-refractivity contribution in [2.24, 2.45) is 17.1 Å². The maximum absolute atomic E-state index is 12.5. The molecule has 0 bridgehead atoms. The summed E-state index contributed by atoms with van der Waals surface area (Å²) in [5, 5.41) is 6.30. The Morgan fingerprint density at radius 1 is 1.22 bits per heavy atom. The largest absolute Gasteiger partial charge is 0.439 e. The average Bonchev–Trinajstić information content (AvgIpc) is 3.37. The summed E-state index contributed by atoms with van der Waals surface area (Å²) in [6.45, 7) is 1.99. The molecule has 1 aliphatic carbocycles. The molecule has 2 amide bonds.